The van der Waals surface area contributed by atoms with Crippen molar-refractivity contribution in [1.82, 2.24) is 0 Å². The molecule has 0 aliphatic carbocycles. The second-order valence-corrected chi connectivity index (χ2v) is 10.6. The Kier molecular flexibility index (Phi) is 7.89. The van der Waals surface area contributed by atoms with Gasteiger partial charge >= 0.3 is 5.97 Å². The zero-order valence-corrected chi connectivity index (χ0v) is 14.4. The fourth-order valence-corrected chi connectivity index (χ4v) is 5.78. The normalized spacial score (nSPS) is 13.7. The summed E-state index contributed by atoms with van der Waals surface area (Å²) in [5, 5.41) is 1.26. The van der Waals surface area contributed by atoms with Crippen molar-refractivity contribution in [2.75, 3.05) is 6.61 Å². The number of esters is 1. The van der Waals surface area contributed by atoms with E-state index < -0.39 is 7.26 Å². The molecule has 0 saturated carbocycles. The molecule has 0 unspecified atom stereocenters. The van der Waals surface area contributed by atoms with Crippen molar-refractivity contribution >= 4 is 13.2 Å². The Hall–Kier alpha value is -0.360. The molecule has 0 fully saturated rings. The number of rotatable bonds is 8. The highest BCUT2D eigenvalue weighted by atomic mass is 31.2. The van der Waals surface area contributed by atoms with Crippen molar-refractivity contribution in [2.45, 2.75) is 65.7 Å². The van der Waals surface area contributed by atoms with Gasteiger partial charge in [-0.05, 0) is 40.5 Å². The van der Waals surface area contributed by atoms with Gasteiger partial charge in [-0.25, -0.2) is 0 Å². The summed E-state index contributed by atoms with van der Waals surface area (Å²) in [4.78, 5) is 11.5. The molecule has 2 nitrogen and oxygen atoms in total. The standard InChI is InChI=1S/C16H31O2P/c1-9-18-16(17)11-14(6)10-15(7)19(8,12(2)3)13(4)5/h12-14H,7-11H2,1-6H3/t14-/m1/s1. The molecule has 0 aliphatic heterocycles. The maximum atomic E-state index is 11.5. The first-order chi connectivity index (χ1) is 8.66. The first-order valence-corrected chi connectivity index (χ1v) is 9.34. The van der Waals surface area contributed by atoms with Gasteiger partial charge in [0.2, 0.25) is 0 Å². The summed E-state index contributed by atoms with van der Waals surface area (Å²) < 4.78 is 5.00. The minimum Gasteiger partial charge on any atom is -0.466 e. The van der Waals surface area contributed by atoms with Crippen molar-refractivity contribution < 1.29 is 9.53 Å². The molecule has 1 atom stereocenters. The summed E-state index contributed by atoms with van der Waals surface area (Å²) in [7, 11) is -1.41. The number of hydrogen-bond donors (Lipinski definition) is 0. The first kappa shape index (κ1) is 18.6. The van der Waals surface area contributed by atoms with Crippen LogP contribution in [0.15, 0.2) is 11.9 Å². The van der Waals surface area contributed by atoms with Gasteiger partial charge in [-0.3, -0.25) is 4.79 Å². The van der Waals surface area contributed by atoms with Gasteiger partial charge in [0.1, 0.15) is 0 Å². The van der Waals surface area contributed by atoms with E-state index >= 15 is 0 Å². The maximum absolute atomic E-state index is 11.5. The molecule has 0 spiro atoms. The van der Waals surface area contributed by atoms with Crippen LogP contribution >= 0.6 is 7.26 Å². The summed E-state index contributed by atoms with van der Waals surface area (Å²) in [5.74, 6) is 0.176. The van der Waals surface area contributed by atoms with Gasteiger partial charge in [0.15, 0.2) is 0 Å². The van der Waals surface area contributed by atoms with Crippen LogP contribution in [0.4, 0.5) is 0 Å². The van der Waals surface area contributed by atoms with E-state index in [9.17, 15) is 4.79 Å². The molecule has 19 heavy (non-hydrogen) atoms. The van der Waals surface area contributed by atoms with Crippen LogP contribution in [0.3, 0.4) is 0 Å². The van der Waals surface area contributed by atoms with E-state index in [1.54, 1.807) is 0 Å². The van der Waals surface area contributed by atoms with Gasteiger partial charge in [-0.1, -0.05) is 20.8 Å². The van der Waals surface area contributed by atoms with Crippen LogP contribution in [0.2, 0.25) is 0 Å². The molecular formula is C16H31O2P. The molecular weight excluding hydrogens is 255 g/mol. The van der Waals surface area contributed by atoms with E-state index in [0.29, 0.717) is 24.3 Å². The SMILES string of the molecule is C=C(C[C@@H](C)CC(=O)OCC)[P+]([CH2-])(C(C)C)C(C)C. The lowest BCUT2D eigenvalue weighted by atomic mass is 10.0. The lowest BCUT2D eigenvalue weighted by Gasteiger charge is -2.40. The maximum Gasteiger partial charge on any atom is 0.306 e. The summed E-state index contributed by atoms with van der Waals surface area (Å²) in [5.41, 5.74) is 1.10. The predicted octanol–water partition coefficient (Wildman–Crippen LogP) is 5.11. The Balaban J connectivity index is 4.62. The van der Waals surface area contributed by atoms with E-state index in [2.05, 4.69) is 47.9 Å². The third kappa shape index (κ3) is 5.26. The molecule has 112 valence electrons. The van der Waals surface area contributed by atoms with E-state index in [1.807, 2.05) is 6.92 Å². The van der Waals surface area contributed by atoms with Gasteiger partial charge in [0.05, 0.1) is 6.61 Å². The van der Waals surface area contributed by atoms with Crippen molar-refractivity contribution in [3.8, 4) is 0 Å². The molecule has 0 aromatic rings. The third-order valence-electron chi connectivity index (χ3n) is 3.84. The van der Waals surface area contributed by atoms with Crippen LogP contribution in [0.1, 0.15) is 54.4 Å². The fourth-order valence-electron chi connectivity index (χ4n) is 2.48. The Labute approximate surface area is 120 Å². The monoisotopic (exact) mass is 286 g/mol. The highest BCUT2D eigenvalue weighted by Gasteiger charge is 2.36. The van der Waals surface area contributed by atoms with Crippen molar-refractivity contribution in [1.29, 1.82) is 0 Å². The second kappa shape index (κ2) is 8.04. The second-order valence-electron chi connectivity index (χ2n) is 6.00. The van der Waals surface area contributed by atoms with Gasteiger partial charge in [-0.2, -0.15) is 6.66 Å². The minimum absolute atomic E-state index is 0.107. The Bertz CT molecular complexity index is 300. The van der Waals surface area contributed by atoms with Crippen molar-refractivity contribution in [3.05, 3.63) is 18.6 Å². The molecule has 0 aliphatic rings. The lowest BCUT2D eigenvalue weighted by Crippen LogP contribution is -2.17. The molecule has 0 radical (unpaired) electrons. The highest BCUT2D eigenvalue weighted by Crippen LogP contribution is 2.72. The summed E-state index contributed by atoms with van der Waals surface area (Å²) in [6, 6.07) is 0. The molecule has 0 rings (SSSR count). The van der Waals surface area contributed by atoms with Crippen LogP contribution in [0.25, 0.3) is 0 Å². The van der Waals surface area contributed by atoms with Crippen molar-refractivity contribution in [2.24, 2.45) is 5.92 Å². The number of allylic oxidation sites excluding steroid dienone is 1. The molecule has 0 saturated heterocycles. The third-order valence-corrected chi connectivity index (χ3v) is 8.88. The summed E-state index contributed by atoms with van der Waals surface area (Å²) >= 11 is 0. The summed E-state index contributed by atoms with van der Waals surface area (Å²) in [6.07, 6.45) is 1.36. The molecule has 0 bridgehead atoms. The van der Waals surface area contributed by atoms with Crippen molar-refractivity contribution in [3.63, 3.8) is 0 Å². The van der Waals surface area contributed by atoms with Crippen LogP contribution in [0.5, 0.6) is 0 Å². The molecule has 0 amide bonds. The smallest absolute Gasteiger partial charge is 0.306 e. The zero-order valence-electron chi connectivity index (χ0n) is 13.5. The van der Waals surface area contributed by atoms with Gasteiger partial charge in [0.25, 0.3) is 0 Å². The topological polar surface area (TPSA) is 26.3 Å². The van der Waals surface area contributed by atoms with Crippen LogP contribution in [0, 0.1) is 12.6 Å². The van der Waals surface area contributed by atoms with Crippen LogP contribution in [-0.2, 0) is 9.53 Å². The quantitative estimate of drug-likeness (QED) is 0.352. The number of hydrogen-bond acceptors (Lipinski definition) is 2. The van der Waals surface area contributed by atoms with E-state index in [1.165, 1.54) is 5.31 Å². The highest BCUT2D eigenvalue weighted by molar-refractivity contribution is 7.82. The van der Waals surface area contributed by atoms with Gasteiger partial charge in [-0.15, -0.1) is 0 Å². The molecule has 0 heterocycles. The molecule has 3 heteroatoms. The number of carbonyl (C=O) groups is 1. The van der Waals surface area contributed by atoms with E-state index in [4.69, 9.17) is 4.74 Å². The largest absolute Gasteiger partial charge is 0.466 e. The first-order valence-electron chi connectivity index (χ1n) is 7.22. The average Bonchev–Trinajstić information content (AvgIpc) is 2.26. The summed E-state index contributed by atoms with van der Waals surface area (Å²) in [6.45, 7) is 22.2. The average molecular weight is 286 g/mol. The Morgan fingerprint density at radius 1 is 1.16 bits per heavy atom. The molecule has 0 N–H and O–H groups in total. The van der Waals surface area contributed by atoms with Gasteiger partial charge < -0.3 is 4.74 Å². The fraction of sp³-hybridized carbons (Fsp3) is 0.750. The number of carbonyl (C=O) groups excluding carboxylic acids is 1. The Morgan fingerprint density at radius 3 is 2.00 bits per heavy atom. The van der Waals surface area contributed by atoms with Crippen LogP contribution < -0.4 is 0 Å². The Morgan fingerprint density at radius 2 is 1.63 bits per heavy atom. The van der Waals surface area contributed by atoms with Crippen LogP contribution in [-0.4, -0.2) is 23.9 Å². The number of ether oxygens (including phenoxy) is 1. The predicted molar refractivity (Wildman–Crippen MR) is 86.7 cm³/mol. The minimum atomic E-state index is -1.41. The van der Waals surface area contributed by atoms with Gasteiger partial charge in [0, 0.05) is 29.5 Å². The van der Waals surface area contributed by atoms with E-state index in [-0.39, 0.29) is 11.9 Å². The van der Waals surface area contributed by atoms with E-state index in [0.717, 1.165) is 6.42 Å². The molecule has 0 aromatic carbocycles. The lowest BCUT2D eigenvalue weighted by molar-refractivity contribution is -0.144. The zero-order chi connectivity index (χ0) is 15.2. The molecule has 0 aromatic heterocycles.